The standard InChI is InChI=1S/C10H16N2O2/c1-6(2)9(10(13)14)12-8(4)5-7(3)11-12/h5-6,9H,1-4H3,(H,13,14)/p-1/t9-/m0/s1. The van der Waals surface area contributed by atoms with Crippen LogP contribution in [0.15, 0.2) is 6.07 Å². The van der Waals surface area contributed by atoms with Gasteiger partial charge >= 0.3 is 0 Å². The summed E-state index contributed by atoms with van der Waals surface area (Å²) in [6, 6.07) is 1.18. The molecule has 78 valence electrons. The van der Waals surface area contributed by atoms with E-state index in [0.717, 1.165) is 11.4 Å². The molecule has 0 saturated heterocycles. The van der Waals surface area contributed by atoms with E-state index in [1.54, 1.807) is 0 Å². The van der Waals surface area contributed by atoms with Crippen molar-refractivity contribution in [2.75, 3.05) is 0 Å². The molecule has 0 aromatic carbocycles. The van der Waals surface area contributed by atoms with Gasteiger partial charge in [0.05, 0.1) is 17.7 Å². The molecule has 0 bridgehead atoms. The Balaban J connectivity index is 3.11. The number of rotatable bonds is 3. The number of carboxylic acids is 1. The summed E-state index contributed by atoms with van der Waals surface area (Å²) >= 11 is 0. The normalized spacial score (nSPS) is 13.2. The van der Waals surface area contributed by atoms with Crippen LogP contribution in [0.25, 0.3) is 0 Å². The summed E-state index contributed by atoms with van der Waals surface area (Å²) in [6.45, 7) is 7.38. The van der Waals surface area contributed by atoms with Gasteiger partial charge in [0.15, 0.2) is 0 Å². The first-order valence-corrected chi connectivity index (χ1v) is 4.67. The molecule has 1 aromatic heterocycles. The van der Waals surface area contributed by atoms with Crippen LogP contribution >= 0.6 is 0 Å². The van der Waals surface area contributed by atoms with E-state index in [2.05, 4.69) is 5.10 Å². The van der Waals surface area contributed by atoms with Crippen molar-refractivity contribution in [2.24, 2.45) is 5.92 Å². The molecule has 1 rings (SSSR count). The average Bonchev–Trinajstić information content (AvgIpc) is 2.29. The zero-order chi connectivity index (χ0) is 10.9. The molecule has 0 fully saturated rings. The maximum Gasteiger partial charge on any atom is 0.0938 e. The average molecular weight is 195 g/mol. The van der Waals surface area contributed by atoms with Gasteiger partial charge in [-0.15, -0.1) is 0 Å². The molecule has 0 aliphatic carbocycles. The Morgan fingerprint density at radius 1 is 1.50 bits per heavy atom. The molecule has 0 amide bonds. The predicted molar refractivity (Wildman–Crippen MR) is 50.6 cm³/mol. The van der Waals surface area contributed by atoms with E-state index in [1.807, 2.05) is 33.8 Å². The number of carbonyl (C=O) groups is 1. The first-order valence-electron chi connectivity index (χ1n) is 4.67. The van der Waals surface area contributed by atoms with Gasteiger partial charge in [0.2, 0.25) is 0 Å². The van der Waals surface area contributed by atoms with Crippen LogP contribution in [0.4, 0.5) is 0 Å². The second-order valence-corrected chi connectivity index (χ2v) is 3.88. The lowest BCUT2D eigenvalue weighted by molar-refractivity contribution is -0.312. The Bertz CT molecular complexity index is 342. The van der Waals surface area contributed by atoms with E-state index in [-0.39, 0.29) is 5.92 Å². The second-order valence-electron chi connectivity index (χ2n) is 3.88. The van der Waals surface area contributed by atoms with Gasteiger partial charge < -0.3 is 9.90 Å². The number of carbonyl (C=O) groups excluding carboxylic acids is 1. The Hall–Kier alpha value is -1.32. The molecule has 4 nitrogen and oxygen atoms in total. The minimum atomic E-state index is -1.08. The van der Waals surface area contributed by atoms with Gasteiger partial charge in [-0.1, -0.05) is 13.8 Å². The maximum atomic E-state index is 10.9. The van der Waals surface area contributed by atoms with Crippen LogP contribution in [0.1, 0.15) is 31.3 Å². The monoisotopic (exact) mass is 195 g/mol. The lowest BCUT2D eigenvalue weighted by atomic mass is 10.1. The van der Waals surface area contributed by atoms with Crippen molar-refractivity contribution < 1.29 is 9.90 Å². The third-order valence-electron chi connectivity index (χ3n) is 2.18. The molecule has 1 aromatic rings. The molecule has 0 aliphatic rings. The molecule has 0 radical (unpaired) electrons. The molecule has 14 heavy (non-hydrogen) atoms. The molecule has 0 unspecified atom stereocenters. The molecule has 1 atom stereocenters. The van der Waals surface area contributed by atoms with Gasteiger partial charge in [0.1, 0.15) is 0 Å². The fourth-order valence-electron chi connectivity index (χ4n) is 1.58. The summed E-state index contributed by atoms with van der Waals surface area (Å²) < 4.78 is 1.52. The van der Waals surface area contributed by atoms with Crippen LogP contribution in [0.2, 0.25) is 0 Å². The van der Waals surface area contributed by atoms with Gasteiger partial charge in [0.25, 0.3) is 0 Å². The Kier molecular flexibility index (Phi) is 2.93. The highest BCUT2D eigenvalue weighted by atomic mass is 16.4. The first-order chi connectivity index (χ1) is 6.43. The van der Waals surface area contributed by atoms with Crippen molar-refractivity contribution in [3.63, 3.8) is 0 Å². The van der Waals surface area contributed by atoms with Crippen molar-refractivity contribution in [3.05, 3.63) is 17.5 Å². The van der Waals surface area contributed by atoms with E-state index in [0.29, 0.717) is 0 Å². The zero-order valence-corrected chi connectivity index (χ0v) is 8.94. The van der Waals surface area contributed by atoms with E-state index in [4.69, 9.17) is 0 Å². The molecule has 0 spiro atoms. The van der Waals surface area contributed by atoms with Crippen LogP contribution in [0, 0.1) is 19.8 Å². The lowest BCUT2D eigenvalue weighted by Crippen LogP contribution is -2.37. The molecule has 0 saturated carbocycles. The number of hydrogen-bond donors (Lipinski definition) is 0. The van der Waals surface area contributed by atoms with Crippen molar-refractivity contribution in [1.29, 1.82) is 0 Å². The first kappa shape index (κ1) is 10.8. The largest absolute Gasteiger partial charge is 0.548 e. The number of aliphatic carboxylic acids is 1. The molecular weight excluding hydrogens is 180 g/mol. The van der Waals surface area contributed by atoms with E-state index >= 15 is 0 Å². The van der Waals surface area contributed by atoms with Crippen molar-refractivity contribution in [1.82, 2.24) is 9.78 Å². The molecule has 4 heteroatoms. The molecule has 0 N–H and O–H groups in total. The number of aryl methyl sites for hydroxylation is 2. The fraction of sp³-hybridized carbons (Fsp3) is 0.600. The van der Waals surface area contributed by atoms with Gasteiger partial charge in [-0.05, 0) is 25.8 Å². The topological polar surface area (TPSA) is 58.0 Å². The van der Waals surface area contributed by atoms with Crippen LogP contribution in [-0.2, 0) is 4.79 Å². The molecular formula is C10H15N2O2-. The summed E-state index contributed by atoms with van der Waals surface area (Å²) in [6.07, 6.45) is 0. The number of hydrogen-bond acceptors (Lipinski definition) is 3. The third-order valence-corrected chi connectivity index (χ3v) is 2.18. The maximum absolute atomic E-state index is 10.9. The summed E-state index contributed by atoms with van der Waals surface area (Å²) in [4.78, 5) is 10.9. The van der Waals surface area contributed by atoms with Crippen LogP contribution in [-0.4, -0.2) is 15.7 Å². The summed E-state index contributed by atoms with van der Waals surface area (Å²) in [5, 5.41) is 15.1. The SMILES string of the molecule is Cc1cc(C)n([C@H](C(=O)[O-])C(C)C)n1. The van der Waals surface area contributed by atoms with Gasteiger partial charge in [-0.2, -0.15) is 5.10 Å². The lowest BCUT2D eigenvalue weighted by Gasteiger charge is -2.23. The van der Waals surface area contributed by atoms with E-state index in [9.17, 15) is 9.90 Å². The van der Waals surface area contributed by atoms with E-state index in [1.165, 1.54) is 4.68 Å². The number of nitrogens with zero attached hydrogens (tertiary/aromatic N) is 2. The quantitative estimate of drug-likeness (QED) is 0.703. The highest BCUT2D eigenvalue weighted by Gasteiger charge is 2.19. The minimum Gasteiger partial charge on any atom is -0.548 e. The van der Waals surface area contributed by atoms with Gasteiger partial charge in [0, 0.05) is 5.69 Å². The molecule has 1 heterocycles. The summed E-state index contributed by atoms with van der Waals surface area (Å²) in [5.41, 5.74) is 1.68. The third kappa shape index (κ3) is 1.95. The van der Waals surface area contributed by atoms with Crippen molar-refractivity contribution >= 4 is 5.97 Å². The highest BCUT2D eigenvalue weighted by molar-refractivity contribution is 5.69. The van der Waals surface area contributed by atoms with Crippen LogP contribution < -0.4 is 5.11 Å². The van der Waals surface area contributed by atoms with Gasteiger partial charge in [-0.3, -0.25) is 4.68 Å². The second kappa shape index (κ2) is 3.82. The van der Waals surface area contributed by atoms with Crippen LogP contribution in [0.5, 0.6) is 0 Å². The number of carboxylic acid groups (broad SMARTS) is 1. The van der Waals surface area contributed by atoms with E-state index < -0.39 is 12.0 Å². The highest BCUT2D eigenvalue weighted by Crippen LogP contribution is 2.18. The number of aromatic nitrogens is 2. The summed E-state index contributed by atoms with van der Waals surface area (Å²) in [5.74, 6) is -1.11. The van der Waals surface area contributed by atoms with Crippen molar-refractivity contribution in [3.8, 4) is 0 Å². The Labute approximate surface area is 83.5 Å². The minimum absolute atomic E-state index is 0.0296. The fourth-order valence-corrected chi connectivity index (χ4v) is 1.58. The van der Waals surface area contributed by atoms with Crippen LogP contribution in [0.3, 0.4) is 0 Å². The Morgan fingerprint density at radius 3 is 2.36 bits per heavy atom. The van der Waals surface area contributed by atoms with Gasteiger partial charge in [-0.25, -0.2) is 0 Å². The zero-order valence-electron chi connectivity index (χ0n) is 8.94. The summed E-state index contributed by atoms with van der Waals surface area (Å²) in [7, 11) is 0. The Morgan fingerprint density at radius 2 is 2.07 bits per heavy atom. The predicted octanol–water partition coefficient (Wildman–Crippen LogP) is 0.447. The molecule has 0 aliphatic heterocycles. The smallest absolute Gasteiger partial charge is 0.0938 e. The van der Waals surface area contributed by atoms with Crippen molar-refractivity contribution in [2.45, 2.75) is 33.7 Å².